The number of fused-ring (bicyclic) bond motifs is 1. The predicted octanol–water partition coefficient (Wildman–Crippen LogP) is 1.52. The summed E-state index contributed by atoms with van der Waals surface area (Å²) >= 11 is 0. The average molecular weight is 324 g/mol. The smallest absolute Gasteiger partial charge is 0.337 e. The van der Waals surface area contributed by atoms with E-state index in [4.69, 9.17) is 10.6 Å². The van der Waals surface area contributed by atoms with Crippen molar-refractivity contribution in [2.24, 2.45) is 5.84 Å². The first-order chi connectivity index (χ1) is 11.6. The number of carbonyl (C=O) groups excluding carboxylic acids is 1. The molecule has 3 rings (SSSR count). The topological polar surface area (TPSA) is 99.2 Å². The van der Waals surface area contributed by atoms with Gasteiger partial charge < -0.3 is 4.74 Å². The van der Waals surface area contributed by atoms with Crippen molar-refractivity contribution in [1.82, 2.24) is 9.55 Å². The second-order valence-corrected chi connectivity index (χ2v) is 5.18. The Balaban J connectivity index is 2.18. The molecule has 122 valence electrons. The molecule has 2 aromatic carbocycles. The summed E-state index contributed by atoms with van der Waals surface area (Å²) in [6.45, 7) is 0.310. The lowest BCUT2D eigenvalue weighted by molar-refractivity contribution is 0.0601. The highest BCUT2D eigenvalue weighted by Gasteiger charge is 2.13. The number of aromatic nitrogens is 2. The van der Waals surface area contributed by atoms with Crippen LogP contribution in [-0.2, 0) is 11.3 Å². The fraction of sp³-hybridized carbons (Fsp3) is 0.118. The van der Waals surface area contributed by atoms with Crippen LogP contribution in [0.15, 0.2) is 53.3 Å². The first-order valence-corrected chi connectivity index (χ1v) is 7.27. The Kier molecular flexibility index (Phi) is 4.26. The van der Waals surface area contributed by atoms with Gasteiger partial charge in [-0.25, -0.2) is 15.6 Å². The number of carbonyl (C=O) groups is 1. The highest BCUT2D eigenvalue weighted by atomic mass is 16.5. The van der Waals surface area contributed by atoms with Crippen molar-refractivity contribution >= 4 is 22.8 Å². The Morgan fingerprint density at radius 1 is 1.25 bits per heavy atom. The zero-order chi connectivity index (χ0) is 17.1. The van der Waals surface area contributed by atoms with E-state index in [1.165, 1.54) is 17.7 Å². The normalized spacial score (nSPS) is 10.6. The van der Waals surface area contributed by atoms with E-state index < -0.39 is 5.97 Å². The van der Waals surface area contributed by atoms with Crippen molar-refractivity contribution in [3.63, 3.8) is 0 Å². The Morgan fingerprint density at radius 2 is 2.00 bits per heavy atom. The summed E-state index contributed by atoms with van der Waals surface area (Å²) in [5.41, 5.74) is 3.84. The zero-order valence-corrected chi connectivity index (χ0v) is 13.0. The standard InChI is InChI=1S/C17H16N4O3/c1-24-16(23)12-7-8-14-13(9-12)15(22)21(17(19-14)20-18)10-11-5-3-2-4-6-11/h2-9H,10,18H2,1H3,(H,19,20). The van der Waals surface area contributed by atoms with Gasteiger partial charge in [-0.2, -0.15) is 0 Å². The van der Waals surface area contributed by atoms with Crippen molar-refractivity contribution in [3.05, 3.63) is 70.0 Å². The molecule has 0 spiro atoms. The van der Waals surface area contributed by atoms with E-state index in [2.05, 4.69) is 10.4 Å². The Hall–Kier alpha value is -3.19. The predicted molar refractivity (Wildman–Crippen MR) is 90.7 cm³/mol. The summed E-state index contributed by atoms with van der Waals surface area (Å²) in [5.74, 6) is 5.26. The molecule has 0 atom stereocenters. The number of hydrazine groups is 1. The number of esters is 1. The van der Waals surface area contributed by atoms with Crippen LogP contribution in [0.5, 0.6) is 0 Å². The monoisotopic (exact) mass is 324 g/mol. The molecule has 0 aliphatic carbocycles. The lowest BCUT2D eigenvalue weighted by atomic mass is 10.1. The molecule has 0 fully saturated rings. The number of nitrogens with zero attached hydrogens (tertiary/aromatic N) is 2. The number of nitrogen functional groups attached to an aromatic ring is 1. The summed E-state index contributed by atoms with van der Waals surface area (Å²) in [5, 5.41) is 0.327. The molecular weight excluding hydrogens is 308 g/mol. The Morgan fingerprint density at radius 3 is 2.67 bits per heavy atom. The van der Waals surface area contributed by atoms with Crippen molar-refractivity contribution in [1.29, 1.82) is 0 Å². The highest BCUT2D eigenvalue weighted by Crippen LogP contribution is 2.15. The van der Waals surface area contributed by atoms with Crippen molar-refractivity contribution in [2.75, 3.05) is 12.5 Å². The summed E-state index contributed by atoms with van der Waals surface area (Å²) in [6, 6.07) is 14.1. The number of benzene rings is 2. The van der Waals surface area contributed by atoms with Gasteiger partial charge in [0.1, 0.15) is 0 Å². The maximum Gasteiger partial charge on any atom is 0.337 e. The number of rotatable bonds is 4. The first-order valence-electron chi connectivity index (χ1n) is 7.27. The van der Waals surface area contributed by atoms with Crippen LogP contribution in [0.1, 0.15) is 15.9 Å². The molecule has 0 saturated heterocycles. The van der Waals surface area contributed by atoms with Gasteiger partial charge in [-0.3, -0.25) is 14.8 Å². The van der Waals surface area contributed by atoms with E-state index >= 15 is 0 Å². The summed E-state index contributed by atoms with van der Waals surface area (Å²) in [7, 11) is 1.29. The molecule has 0 saturated carbocycles. The molecule has 3 aromatic rings. The van der Waals surface area contributed by atoms with Crippen LogP contribution in [0, 0.1) is 0 Å². The maximum absolute atomic E-state index is 12.9. The molecule has 7 heteroatoms. The largest absolute Gasteiger partial charge is 0.465 e. The minimum absolute atomic E-state index is 0.252. The zero-order valence-electron chi connectivity index (χ0n) is 13.0. The van der Waals surface area contributed by atoms with E-state index in [0.29, 0.717) is 23.0 Å². The molecular formula is C17H16N4O3. The SMILES string of the molecule is COC(=O)c1ccc2nc(NN)n(Cc3ccccc3)c(=O)c2c1. The van der Waals surface area contributed by atoms with Crippen molar-refractivity contribution in [2.45, 2.75) is 6.54 Å². The molecule has 0 aliphatic rings. The molecule has 3 N–H and O–H groups in total. The van der Waals surface area contributed by atoms with Gasteiger partial charge in [0.25, 0.3) is 5.56 Å². The maximum atomic E-state index is 12.9. The summed E-state index contributed by atoms with van der Waals surface area (Å²) < 4.78 is 6.12. The minimum Gasteiger partial charge on any atom is -0.465 e. The molecule has 0 radical (unpaired) electrons. The fourth-order valence-electron chi connectivity index (χ4n) is 2.49. The molecule has 1 aromatic heterocycles. The van der Waals surface area contributed by atoms with Crippen LogP contribution < -0.4 is 16.8 Å². The third-order valence-corrected chi connectivity index (χ3v) is 3.69. The van der Waals surface area contributed by atoms with Gasteiger partial charge in [-0.15, -0.1) is 0 Å². The number of nitrogens with two attached hydrogens (primary N) is 1. The molecule has 0 unspecified atom stereocenters. The lowest BCUT2D eigenvalue weighted by Gasteiger charge is -2.13. The summed E-state index contributed by atoms with van der Waals surface area (Å²) in [6.07, 6.45) is 0. The second-order valence-electron chi connectivity index (χ2n) is 5.18. The van der Waals surface area contributed by atoms with Crippen LogP contribution in [0.3, 0.4) is 0 Å². The second kappa shape index (κ2) is 6.51. The number of ether oxygens (including phenoxy) is 1. The third kappa shape index (κ3) is 2.84. The van der Waals surface area contributed by atoms with E-state index in [0.717, 1.165) is 5.56 Å². The average Bonchev–Trinajstić information content (AvgIpc) is 2.63. The minimum atomic E-state index is -0.507. The number of hydrogen-bond donors (Lipinski definition) is 2. The quantitative estimate of drug-likeness (QED) is 0.429. The van der Waals surface area contributed by atoms with Crippen LogP contribution in [0.4, 0.5) is 5.95 Å². The Bertz CT molecular complexity index is 951. The summed E-state index contributed by atoms with van der Waals surface area (Å²) in [4.78, 5) is 28.9. The van der Waals surface area contributed by atoms with Gasteiger partial charge >= 0.3 is 5.97 Å². The number of anilines is 1. The molecule has 0 aliphatic heterocycles. The fourth-order valence-corrected chi connectivity index (χ4v) is 2.49. The van der Waals surface area contributed by atoms with Crippen LogP contribution in [0.2, 0.25) is 0 Å². The first kappa shape index (κ1) is 15.7. The van der Waals surface area contributed by atoms with Gasteiger partial charge in [0.15, 0.2) is 0 Å². The molecule has 7 nitrogen and oxygen atoms in total. The van der Waals surface area contributed by atoms with Crippen LogP contribution in [-0.4, -0.2) is 22.6 Å². The number of methoxy groups -OCH3 is 1. The molecule has 0 bridgehead atoms. The van der Waals surface area contributed by atoms with E-state index in [-0.39, 0.29) is 11.5 Å². The number of hydrogen-bond acceptors (Lipinski definition) is 6. The van der Waals surface area contributed by atoms with Gasteiger partial charge in [0.2, 0.25) is 5.95 Å². The van der Waals surface area contributed by atoms with E-state index in [1.54, 1.807) is 12.1 Å². The van der Waals surface area contributed by atoms with Crippen molar-refractivity contribution < 1.29 is 9.53 Å². The van der Waals surface area contributed by atoms with Gasteiger partial charge in [0.05, 0.1) is 30.1 Å². The van der Waals surface area contributed by atoms with Crippen LogP contribution in [0.25, 0.3) is 10.9 Å². The van der Waals surface area contributed by atoms with Crippen LogP contribution >= 0.6 is 0 Å². The van der Waals surface area contributed by atoms with E-state index in [1.807, 2.05) is 30.3 Å². The van der Waals surface area contributed by atoms with Crippen molar-refractivity contribution in [3.8, 4) is 0 Å². The van der Waals surface area contributed by atoms with E-state index in [9.17, 15) is 9.59 Å². The lowest BCUT2D eigenvalue weighted by Crippen LogP contribution is -2.27. The Labute approximate surface area is 137 Å². The third-order valence-electron chi connectivity index (χ3n) is 3.69. The number of nitrogens with one attached hydrogen (secondary N) is 1. The molecule has 0 amide bonds. The van der Waals surface area contributed by atoms with Gasteiger partial charge in [-0.1, -0.05) is 30.3 Å². The van der Waals surface area contributed by atoms with Gasteiger partial charge in [0, 0.05) is 0 Å². The van der Waals surface area contributed by atoms with Gasteiger partial charge in [-0.05, 0) is 23.8 Å². The molecule has 1 heterocycles. The highest BCUT2D eigenvalue weighted by molar-refractivity contribution is 5.94. The molecule has 24 heavy (non-hydrogen) atoms.